The van der Waals surface area contributed by atoms with Crippen molar-refractivity contribution in [3.63, 3.8) is 0 Å². The molecule has 2 aromatic rings. The Morgan fingerprint density at radius 2 is 1.86 bits per heavy atom. The summed E-state index contributed by atoms with van der Waals surface area (Å²) in [5.41, 5.74) is 1.27. The van der Waals surface area contributed by atoms with Gasteiger partial charge < -0.3 is 15.3 Å². The van der Waals surface area contributed by atoms with E-state index < -0.39 is 11.7 Å². The van der Waals surface area contributed by atoms with Crippen molar-refractivity contribution in [2.24, 2.45) is 0 Å². The number of anilines is 1. The lowest BCUT2D eigenvalue weighted by atomic mass is 10.1. The lowest BCUT2D eigenvalue weighted by Gasteiger charge is -2.11. The van der Waals surface area contributed by atoms with Gasteiger partial charge in [0.2, 0.25) is 0 Å². The number of hydrogen-bond donors (Lipinski definition) is 2. The molecule has 0 fully saturated rings. The number of aromatic hydroxyl groups is 1. The third-order valence-electron chi connectivity index (χ3n) is 2.95. The van der Waals surface area contributed by atoms with Crippen LogP contribution in [0.1, 0.15) is 15.9 Å². The smallest absolute Gasteiger partial charge is 0.255 e. The molecule has 5 heteroatoms. The number of nitrogens with one attached hydrogen (secondary N) is 1. The first-order chi connectivity index (χ1) is 9.97. The fraction of sp³-hybridized carbons (Fsp3) is 0.188. The van der Waals surface area contributed by atoms with Crippen molar-refractivity contribution in [2.45, 2.75) is 6.54 Å². The van der Waals surface area contributed by atoms with Crippen LogP contribution in [-0.4, -0.2) is 30.0 Å². The lowest BCUT2D eigenvalue weighted by molar-refractivity contribution is 0.102. The Labute approximate surface area is 122 Å². The minimum absolute atomic E-state index is 0.208. The van der Waals surface area contributed by atoms with Crippen molar-refractivity contribution in [1.82, 2.24) is 4.90 Å². The van der Waals surface area contributed by atoms with Crippen molar-refractivity contribution in [1.29, 1.82) is 0 Å². The van der Waals surface area contributed by atoms with Gasteiger partial charge in [0, 0.05) is 12.1 Å². The topological polar surface area (TPSA) is 52.6 Å². The van der Waals surface area contributed by atoms with Gasteiger partial charge in [-0.2, -0.15) is 0 Å². The van der Waals surface area contributed by atoms with Crippen LogP contribution in [0.2, 0.25) is 0 Å². The van der Waals surface area contributed by atoms with Crippen molar-refractivity contribution < 1.29 is 14.3 Å². The molecule has 0 radical (unpaired) electrons. The van der Waals surface area contributed by atoms with Crippen LogP contribution in [0.4, 0.5) is 10.1 Å². The molecule has 0 spiro atoms. The molecule has 0 aliphatic heterocycles. The van der Waals surface area contributed by atoms with Gasteiger partial charge in [-0.25, -0.2) is 4.39 Å². The molecule has 0 aliphatic rings. The highest BCUT2D eigenvalue weighted by Gasteiger charge is 2.12. The molecule has 0 saturated carbocycles. The molecule has 0 aliphatic carbocycles. The standard InChI is InChI=1S/C16H17FN2O2/c1-19(2)10-11-6-8-12(9-7-11)16(21)18-15-13(17)4-3-5-14(15)20/h3-9,20H,10H2,1-2H3,(H,18,21). The van der Waals surface area contributed by atoms with Crippen LogP contribution >= 0.6 is 0 Å². The summed E-state index contributed by atoms with van der Waals surface area (Å²) in [7, 11) is 3.92. The average molecular weight is 288 g/mol. The first-order valence-corrected chi connectivity index (χ1v) is 6.50. The molecule has 110 valence electrons. The van der Waals surface area contributed by atoms with Crippen molar-refractivity contribution in [3.8, 4) is 5.75 Å². The van der Waals surface area contributed by atoms with Crippen molar-refractivity contribution >= 4 is 11.6 Å². The summed E-state index contributed by atoms with van der Waals surface area (Å²) in [6.45, 7) is 0.774. The van der Waals surface area contributed by atoms with Gasteiger partial charge in [0.1, 0.15) is 11.4 Å². The third kappa shape index (κ3) is 3.79. The number of rotatable bonds is 4. The van der Waals surface area contributed by atoms with E-state index in [-0.39, 0.29) is 11.4 Å². The van der Waals surface area contributed by atoms with Crippen LogP contribution in [-0.2, 0) is 6.54 Å². The summed E-state index contributed by atoms with van der Waals surface area (Å²) in [5.74, 6) is -1.44. The van der Waals surface area contributed by atoms with Crippen LogP contribution in [0, 0.1) is 5.82 Å². The minimum Gasteiger partial charge on any atom is -0.506 e. The van der Waals surface area contributed by atoms with Crippen molar-refractivity contribution in [3.05, 3.63) is 59.4 Å². The highest BCUT2D eigenvalue weighted by atomic mass is 19.1. The van der Waals surface area contributed by atoms with Gasteiger partial charge in [-0.1, -0.05) is 18.2 Å². The fourth-order valence-electron chi connectivity index (χ4n) is 1.95. The number of benzene rings is 2. The molecule has 4 nitrogen and oxygen atoms in total. The van der Waals surface area contributed by atoms with Gasteiger partial charge in [-0.05, 0) is 43.9 Å². The number of carbonyl (C=O) groups excluding carboxylic acids is 1. The van der Waals surface area contributed by atoms with Crippen LogP contribution in [0.5, 0.6) is 5.75 Å². The van der Waals surface area contributed by atoms with E-state index in [0.717, 1.165) is 12.1 Å². The SMILES string of the molecule is CN(C)Cc1ccc(C(=O)Nc2c(O)cccc2F)cc1. The van der Waals surface area contributed by atoms with E-state index in [0.29, 0.717) is 5.56 Å². The fourth-order valence-corrected chi connectivity index (χ4v) is 1.95. The summed E-state index contributed by atoms with van der Waals surface area (Å²) < 4.78 is 13.6. The third-order valence-corrected chi connectivity index (χ3v) is 2.95. The first-order valence-electron chi connectivity index (χ1n) is 6.50. The molecule has 0 bridgehead atoms. The van der Waals surface area contributed by atoms with Gasteiger partial charge in [0.15, 0.2) is 5.82 Å². The lowest BCUT2D eigenvalue weighted by Crippen LogP contribution is -2.14. The van der Waals surface area contributed by atoms with E-state index >= 15 is 0 Å². The highest BCUT2D eigenvalue weighted by Crippen LogP contribution is 2.26. The minimum atomic E-state index is -0.674. The van der Waals surface area contributed by atoms with E-state index in [9.17, 15) is 14.3 Å². The maximum absolute atomic E-state index is 13.6. The van der Waals surface area contributed by atoms with Crippen molar-refractivity contribution in [2.75, 3.05) is 19.4 Å². The molecule has 21 heavy (non-hydrogen) atoms. The second kappa shape index (κ2) is 6.37. The Kier molecular flexibility index (Phi) is 4.55. The zero-order valence-electron chi connectivity index (χ0n) is 11.9. The summed E-state index contributed by atoms with van der Waals surface area (Å²) in [5, 5.41) is 12.0. The molecule has 0 aromatic heterocycles. The van der Waals surface area contributed by atoms with Gasteiger partial charge in [-0.15, -0.1) is 0 Å². The quantitative estimate of drug-likeness (QED) is 0.851. The predicted molar refractivity (Wildman–Crippen MR) is 79.9 cm³/mol. The summed E-state index contributed by atoms with van der Waals surface area (Å²) in [6, 6.07) is 10.9. The molecular weight excluding hydrogens is 271 g/mol. The molecular formula is C16H17FN2O2. The molecule has 1 amide bonds. The van der Waals surface area contributed by atoms with Gasteiger partial charge >= 0.3 is 0 Å². The van der Waals surface area contributed by atoms with E-state index in [2.05, 4.69) is 5.32 Å². The molecule has 0 saturated heterocycles. The van der Waals surface area contributed by atoms with Crippen LogP contribution in [0.3, 0.4) is 0 Å². The second-order valence-corrected chi connectivity index (χ2v) is 5.02. The summed E-state index contributed by atoms with van der Waals surface area (Å²) in [6.07, 6.45) is 0. The Morgan fingerprint density at radius 1 is 1.19 bits per heavy atom. The second-order valence-electron chi connectivity index (χ2n) is 5.02. The van der Waals surface area contributed by atoms with Crippen LogP contribution in [0.25, 0.3) is 0 Å². The highest BCUT2D eigenvalue weighted by molar-refractivity contribution is 6.05. The molecule has 0 atom stereocenters. The Morgan fingerprint density at radius 3 is 2.43 bits per heavy atom. The maximum atomic E-state index is 13.6. The number of phenolic OH excluding ortho intramolecular Hbond substituents is 1. The molecule has 0 unspecified atom stereocenters. The van der Waals surface area contributed by atoms with E-state index in [4.69, 9.17) is 0 Å². The van der Waals surface area contributed by atoms with Gasteiger partial charge in [-0.3, -0.25) is 4.79 Å². The molecule has 0 heterocycles. The number of amides is 1. The van der Waals surface area contributed by atoms with Gasteiger partial charge in [0.05, 0.1) is 0 Å². The van der Waals surface area contributed by atoms with Crippen LogP contribution < -0.4 is 5.32 Å². The first kappa shape index (κ1) is 15.0. The maximum Gasteiger partial charge on any atom is 0.255 e. The monoisotopic (exact) mass is 288 g/mol. The number of para-hydroxylation sites is 1. The molecule has 2 aromatic carbocycles. The summed E-state index contributed by atoms with van der Waals surface area (Å²) >= 11 is 0. The van der Waals surface area contributed by atoms with Gasteiger partial charge in [0.25, 0.3) is 5.91 Å². The van der Waals surface area contributed by atoms with Crippen LogP contribution in [0.15, 0.2) is 42.5 Å². The Balaban J connectivity index is 2.13. The molecule has 2 rings (SSSR count). The zero-order valence-corrected chi connectivity index (χ0v) is 11.9. The number of hydrogen-bond acceptors (Lipinski definition) is 3. The van der Waals surface area contributed by atoms with E-state index in [1.807, 2.05) is 31.1 Å². The van der Waals surface area contributed by atoms with E-state index in [1.54, 1.807) is 12.1 Å². The normalized spacial score (nSPS) is 10.7. The Bertz CT molecular complexity index is 619. The number of carbonyl (C=O) groups is 1. The molecule has 2 N–H and O–H groups in total. The number of nitrogens with zero attached hydrogens (tertiary/aromatic N) is 1. The van der Waals surface area contributed by atoms with E-state index in [1.165, 1.54) is 18.2 Å². The Hall–Kier alpha value is -2.40. The predicted octanol–water partition coefficient (Wildman–Crippen LogP) is 2.85. The zero-order chi connectivity index (χ0) is 15.4. The summed E-state index contributed by atoms with van der Waals surface area (Å²) in [4.78, 5) is 14.1. The number of halogens is 1. The number of phenols is 1. The largest absolute Gasteiger partial charge is 0.506 e. The average Bonchev–Trinajstić information content (AvgIpc) is 2.43.